The number of nitrogens with zero attached hydrogens (tertiary/aromatic N) is 12. The summed E-state index contributed by atoms with van der Waals surface area (Å²) < 4.78 is 7.01. The molecule has 0 aliphatic heterocycles. The minimum absolute atomic E-state index is 0.636. The number of rotatable bonds is 16. The summed E-state index contributed by atoms with van der Waals surface area (Å²) in [7, 11) is 0. The van der Waals surface area contributed by atoms with Crippen LogP contribution in [0.4, 0.5) is 0 Å². The quantitative estimate of drug-likeness (QED) is 0.0928. The van der Waals surface area contributed by atoms with Crippen molar-refractivity contribution in [3.63, 3.8) is 0 Å². The van der Waals surface area contributed by atoms with Gasteiger partial charge in [0.1, 0.15) is 0 Å². The van der Waals surface area contributed by atoms with Gasteiger partial charge in [-0.2, -0.15) is 0 Å². The highest BCUT2D eigenvalue weighted by atomic mass is 15.1. The van der Waals surface area contributed by atoms with Crippen molar-refractivity contribution >= 4 is 65.4 Å². The zero-order chi connectivity index (χ0) is 89.8. The zero-order valence-electron chi connectivity index (χ0n) is 73.2. The van der Waals surface area contributed by atoms with Crippen LogP contribution in [0.1, 0.15) is 0 Å². The van der Waals surface area contributed by atoms with E-state index in [2.05, 4.69) is 353 Å². The summed E-state index contributed by atoms with van der Waals surface area (Å²) in [6, 6.07) is 172. The molecule has 0 aliphatic rings. The molecule has 6 heterocycles. The molecule has 0 saturated carbocycles. The predicted molar refractivity (Wildman–Crippen MR) is 553 cm³/mol. The Morgan fingerprint density at radius 3 is 0.556 bits per heavy atom. The van der Waals surface area contributed by atoms with Crippen molar-refractivity contribution in [3.05, 3.63) is 497 Å². The molecule has 0 fully saturated rings. The molecule has 0 radical (unpaired) electrons. The van der Waals surface area contributed by atoms with Gasteiger partial charge in [-0.05, 0) is 160 Å². The molecule has 0 bridgehead atoms. The first-order valence-corrected chi connectivity index (χ1v) is 45.2. The van der Waals surface area contributed by atoms with Crippen molar-refractivity contribution in [3.8, 4) is 164 Å². The van der Waals surface area contributed by atoms with Crippen molar-refractivity contribution in [2.45, 2.75) is 0 Å². The lowest BCUT2D eigenvalue weighted by atomic mass is 10.0. The van der Waals surface area contributed by atoms with Crippen molar-refractivity contribution in [1.29, 1.82) is 0 Å². The molecule has 19 aromatic carbocycles. The number of fused-ring (bicyclic) bond motifs is 9. The third-order valence-corrected chi connectivity index (χ3v) is 24.8. The summed E-state index contributed by atoms with van der Waals surface area (Å²) in [6.45, 7) is 0. The van der Waals surface area contributed by atoms with E-state index < -0.39 is 0 Å². The molecule has 12 nitrogen and oxygen atoms in total. The lowest BCUT2D eigenvalue weighted by Gasteiger charge is -2.12. The Kier molecular flexibility index (Phi) is 21.8. The normalized spacial score (nSPS) is 11.3. The monoisotopic (exact) mass is 1730 g/mol. The molecule has 0 atom stereocenters. The maximum Gasteiger partial charge on any atom is 0.164 e. The van der Waals surface area contributed by atoms with Gasteiger partial charge >= 0.3 is 0 Å². The molecular formula is C123H82N12. The second-order valence-electron chi connectivity index (χ2n) is 33.2. The van der Waals surface area contributed by atoms with E-state index in [1.54, 1.807) is 0 Å². The predicted octanol–water partition coefficient (Wildman–Crippen LogP) is 30.6. The highest BCUT2D eigenvalue weighted by Crippen LogP contribution is 2.42. The van der Waals surface area contributed by atoms with Gasteiger partial charge < -0.3 is 13.7 Å². The summed E-state index contributed by atoms with van der Waals surface area (Å²) in [5, 5.41) is 7.37. The number of aromatic nitrogens is 12. The van der Waals surface area contributed by atoms with Crippen LogP contribution in [-0.4, -0.2) is 58.6 Å². The smallest absolute Gasteiger partial charge is 0.164 e. The van der Waals surface area contributed by atoms with E-state index in [4.69, 9.17) is 44.9 Å². The van der Waals surface area contributed by atoms with Crippen molar-refractivity contribution in [2.75, 3.05) is 0 Å². The van der Waals surface area contributed by atoms with Crippen LogP contribution in [0.25, 0.3) is 229 Å². The highest BCUT2D eigenvalue weighted by molar-refractivity contribution is 6.13. The Labute approximate surface area is 780 Å². The van der Waals surface area contributed by atoms with Crippen molar-refractivity contribution in [1.82, 2.24) is 58.6 Å². The second kappa shape index (κ2) is 36.3. The van der Waals surface area contributed by atoms with E-state index in [-0.39, 0.29) is 0 Å². The third-order valence-electron chi connectivity index (χ3n) is 24.8. The van der Waals surface area contributed by atoms with Gasteiger partial charge in [-0.3, -0.25) is 0 Å². The molecule has 135 heavy (non-hydrogen) atoms. The Morgan fingerprint density at radius 1 is 0.104 bits per heavy atom. The zero-order valence-corrected chi connectivity index (χ0v) is 73.2. The number of hydrogen-bond donors (Lipinski definition) is 0. The van der Waals surface area contributed by atoms with Gasteiger partial charge in [0, 0.05) is 99.5 Å². The largest absolute Gasteiger partial charge is 0.309 e. The summed E-state index contributed by atoms with van der Waals surface area (Å²) in [6.07, 6.45) is 0. The lowest BCUT2D eigenvalue weighted by Crippen LogP contribution is -2.01. The third kappa shape index (κ3) is 16.4. The molecule has 0 N–H and O–H groups in total. The maximum atomic E-state index is 5.00. The molecule has 0 aliphatic carbocycles. The van der Waals surface area contributed by atoms with E-state index in [0.717, 1.165) is 83.7 Å². The fourth-order valence-electron chi connectivity index (χ4n) is 18.2. The summed E-state index contributed by atoms with van der Waals surface area (Å²) in [5.74, 6) is 5.83. The molecule has 0 amide bonds. The van der Waals surface area contributed by atoms with Crippen LogP contribution in [0, 0.1) is 0 Å². The van der Waals surface area contributed by atoms with Crippen LogP contribution in [0.3, 0.4) is 0 Å². The Hall–Kier alpha value is -18.4. The van der Waals surface area contributed by atoms with E-state index in [1.807, 2.05) is 158 Å². The topological polar surface area (TPSA) is 131 Å². The molecule has 0 saturated heterocycles. The molecular weight excluding hydrogens is 1650 g/mol. The number of para-hydroxylation sites is 3. The fraction of sp³-hybridized carbons (Fsp3) is 0. The number of benzene rings is 19. The highest BCUT2D eigenvalue weighted by Gasteiger charge is 2.22. The molecule has 6 aromatic heterocycles. The Balaban J connectivity index is 0.000000114. The average molecular weight is 1730 g/mol. The first-order valence-electron chi connectivity index (χ1n) is 45.2. The van der Waals surface area contributed by atoms with E-state index in [1.165, 1.54) is 93.3 Å². The second-order valence-corrected chi connectivity index (χ2v) is 33.2. The van der Waals surface area contributed by atoms with Crippen LogP contribution in [0.5, 0.6) is 0 Å². The van der Waals surface area contributed by atoms with E-state index in [9.17, 15) is 0 Å². The van der Waals surface area contributed by atoms with Gasteiger partial charge in [0.05, 0.1) is 33.1 Å². The van der Waals surface area contributed by atoms with Gasteiger partial charge in [0.15, 0.2) is 52.4 Å². The Bertz CT molecular complexity index is 8470. The standard InChI is InChI=1S/C45H30N4.2C39H26N4/c1-4-12-31(13-5-1)33-20-22-35(23-21-33)44-46-43(34-16-8-3-9-17-34)47-45(48-44)36-24-27-38(28-25-36)49-41-19-11-10-18-39(41)40-30-37(26-29-42(40)49)32-14-6-2-7-15-32;1-4-13-27(14-5-1)30-23-24-36-34(26-30)33-21-10-11-22-35(33)43(36)32-20-12-19-31(25-32)39-41-37(28-15-6-2-7-16-28)40-38(42-39)29-17-8-3-9-18-29;1-4-12-27(13-5-1)31-22-25-36-34(26-31)33-18-10-11-19-35(33)43(36)32-23-20-30(21-24-32)39-41-37(28-14-6-2-7-15-28)40-38(42-39)29-16-8-3-9-17-29/h1-30H;2*1-26H. The van der Waals surface area contributed by atoms with Crippen molar-refractivity contribution < 1.29 is 0 Å². The van der Waals surface area contributed by atoms with Gasteiger partial charge in [-0.1, -0.05) is 382 Å². The van der Waals surface area contributed by atoms with Crippen LogP contribution in [-0.2, 0) is 0 Å². The van der Waals surface area contributed by atoms with E-state index in [0.29, 0.717) is 52.4 Å². The van der Waals surface area contributed by atoms with Gasteiger partial charge in [0.25, 0.3) is 0 Å². The van der Waals surface area contributed by atoms with Crippen LogP contribution in [0.2, 0.25) is 0 Å². The summed E-state index contributed by atoms with van der Waals surface area (Å²) in [4.78, 5) is 44.3. The molecule has 0 spiro atoms. The molecule has 25 rings (SSSR count). The minimum Gasteiger partial charge on any atom is -0.309 e. The average Bonchev–Trinajstić information content (AvgIpc) is 1.61. The fourth-order valence-corrected chi connectivity index (χ4v) is 18.2. The van der Waals surface area contributed by atoms with Gasteiger partial charge in [-0.15, -0.1) is 0 Å². The molecule has 0 unspecified atom stereocenters. The first kappa shape index (κ1) is 81.1. The van der Waals surface area contributed by atoms with Crippen LogP contribution >= 0.6 is 0 Å². The SMILES string of the molecule is c1ccc(-c2ccc(-c3nc(-c4ccccc4)nc(-c4ccc(-n5c6ccccc6c6cc(-c7ccccc7)ccc65)cc4)n3)cc2)cc1.c1ccc(-c2ccc3c(c2)c2ccccc2n3-c2ccc(-c3nc(-c4ccccc4)nc(-c4ccccc4)n3)cc2)cc1.c1ccc(-c2ccc3c(c2)c2ccccc2n3-c2cccc(-c3nc(-c4ccccc4)nc(-c4ccccc4)n3)c2)cc1. The molecule has 634 valence electrons. The number of hydrogen-bond acceptors (Lipinski definition) is 9. The van der Waals surface area contributed by atoms with E-state index >= 15 is 0 Å². The summed E-state index contributed by atoms with van der Waals surface area (Å²) >= 11 is 0. The van der Waals surface area contributed by atoms with Crippen molar-refractivity contribution in [2.24, 2.45) is 0 Å². The lowest BCUT2D eigenvalue weighted by molar-refractivity contribution is 1.07. The summed E-state index contributed by atoms with van der Waals surface area (Å²) in [5.41, 5.74) is 28.3. The van der Waals surface area contributed by atoms with Crippen LogP contribution < -0.4 is 0 Å². The van der Waals surface area contributed by atoms with Gasteiger partial charge in [-0.25, -0.2) is 44.9 Å². The Morgan fingerprint density at radius 2 is 0.281 bits per heavy atom. The molecule has 25 aromatic rings. The first-order chi connectivity index (χ1) is 66.9. The maximum absolute atomic E-state index is 5.00. The van der Waals surface area contributed by atoms with Crippen LogP contribution in [0.15, 0.2) is 497 Å². The van der Waals surface area contributed by atoms with Gasteiger partial charge in [0.2, 0.25) is 0 Å². The minimum atomic E-state index is 0.636. The molecule has 12 heteroatoms.